The van der Waals surface area contributed by atoms with Gasteiger partial charge in [0.1, 0.15) is 0 Å². The maximum absolute atomic E-state index is 12.7. The van der Waals surface area contributed by atoms with Crippen LogP contribution < -0.4 is 21.9 Å². The SMILES string of the molecule is CC.CCNc1cc(/C2=C/C=C/NCCC(O)CCN=C2)cc(Cc2c(C)cc(C)[nH]c2=O)c1C.CN(C)C1CCCCC1.NC=O. The molecule has 1 unspecified atom stereocenters. The normalized spacial score (nSPS) is 18.5. The smallest absolute Gasteiger partial charge is 0.251 e. The second kappa shape index (κ2) is 23.6. The summed E-state index contributed by atoms with van der Waals surface area (Å²) in [7, 11) is 4.38. The number of H-pyrrole nitrogens is 1. The number of hydrogen-bond donors (Lipinski definition) is 5. The van der Waals surface area contributed by atoms with Gasteiger partial charge in [0.05, 0.1) is 6.10 Å². The number of nitrogens with zero attached hydrogens (tertiary/aromatic N) is 2. The van der Waals surface area contributed by atoms with Crippen LogP contribution in [0.4, 0.5) is 5.69 Å². The molecule has 0 radical (unpaired) electrons. The van der Waals surface area contributed by atoms with Crippen LogP contribution in [0.1, 0.15) is 99.2 Å². The Morgan fingerprint density at radius 2 is 1.74 bits per heavy atom. The van der Waals surface area contributed by atoms with Crippen LogP contribution >= 0.6 is 0 Å². The predicted octanol–water partition coefficient (Wildman–Crippen LogP) is 6.04. The molecule has 2 aromatic rings. The molecule has 2 heterocycles. The van der Waals surface area contributed by atoms with E-state index in [1.807, 2.05) is 58.3 Å². The summed E-state index contributed by atoms with van der Waals surface area (Å²) in [4.78, 5) is 31.1. The number of nitrogens with one attached hydrogen (secondary N) is 3. The number of amides is 1. The van der Waals surface area contributed by atoms with Crippen molar-refractivity contribution in [1.29, 1.82) is 0 Å². The highest BCUT2D eigenvalue weighted by atomic mass is 16.3. The van der Waals surface area contributed by atoms with E-state index in [0.29, 0.717) is 25.8 Å². The number of hydrogen-bond acceptors (Lipinski definition) is 7. The van der Waals surface area contributed by atoms with Crippen molar-refractivity contribution in [3.8, 4) is 0 Å². The van der Waals surface area contributed by atoms with Gasteiger partial charge in [0.25, 0.3) is 5.56 Å². The van der Waals surface area contributed by atoms with Gasteiger partial charge in [-0.05, 0) is 120 Å². The van der Waals surface area contributed by atoms with Gasteiger partial charge in [0.2, 0.25) is 6.41 Å². The number of nitrogens with two attached hydrogens (primary N) is 1. The van der Waals surface area contributed by atoms with Crippen LogP contribution in [0.3, 0.4) is 0 Å². The Hall–Kier alpha value is -3.69. The van der Waals surface area contributed by atoms with Crippen LogP contribution in [-0.4, -0.2) is 73.5 Å². The van der Waals surface area contributed by atoms with E-state index in [-0.39, 0.29) is 18.1 Å². The number of benzene rings is 1. The molecule has 0 saturated heterocycles. The van der Waals surface area contributed by atoms with Crippen molar-refractivity contribution < 1.29 is 9.90 Å². The Kier molecular flexibility index (Phi) is 20.8. The Labute approximate surface area is 283 Å². The lowest BCUT2D eigenvalue weighted by atomic mass is 9.93. The maximum atomic E-state index is 12.7. The number of aliphatic hydroxyl groups is 1. The zero-order chi connectivity index (χ0) is 35.2. The van der Waals surface area contributed by atoms with Crippen molar-refractivity contribution in [3.05, 3.63) is 80.4 Å². The van der Waals surface area contributed by atoms with Crippen molar-refractivity contribution >= 4 is 23.9 Å². The minimum Gasteiger partial charge on any atom is -0.393 e. The monoisotopic (exact) mass is 650 g/mol. The van der Waals surface area contributed by atoms with E-state index < -0.39 is 0 Å². The van der Waals surface area contributed by atoms with Gasteiger partial charge in [0.15, 0.2) is 0 Å². The molecule has 1 aromatic carbocycles. The molecule has 1 aromatic heterocycles. The number of carbonyl (C=O) groups is 1. The van der Waals surface area contributed by atoms with Crippen LogP contribution in [0.5, 0.6) is 0 Å². The third-order valence-electron chi connectivity index (χ3n) is 8.32. The summed E-state index contributed by atoms with van der Waals surface area (Å²) >= 11 is 0. The molecule has 9 heteroatoms. The first-order valence-electron chi connectivity index (χ1n) is 17.3. The van der Waals surface area contributed by atoms with Crippen LogP contribution in [-0.2, 0) is 11.2 Å². The molecule has 47 heavy (non-hydrogen) atoms. The molecule has 0 spiro atoms. The number of primary amides is 1. The molecule has 1 amide bonds. The van der Waals surface area contributed by atoms with E-state index in [9.17, 15) is 9.90 Å². The average Bonchev–Trinajstić information content (AvgIpc) is 3.04. The lowest BCUT2D eigenvalue weighted by molar-refractivity contribution is -0.106. The van der Waals surface area contributed by atoms with E-state index in [1.165, 1.54) is 32.1 Å². The van der Waals surface area contributed by atoms with Crippen molar-refractivity contribution in [2.24, 2.45) is 10.7 Å². The fraction of sp³-hybridized carbons (Fsp3) is 0.553. The van der Waals surface area contributed by atoms with Crippen LogP contribution in [0, 0.1) is 20.8 Å². The number of pyridine rings is 1. The summed E-state index contributed by atoms with van der Waals surface area (Å²) in [5, 5.41) is 16.8. The highest BCUT2D eigenvalue weighted by Crippen LogP contribution is 2.28. The molecule has 2 aliphatic rings. The lowest BCUT2D eigenvalue weighted by Crippen LogP contribution is -2.29. The van der Waals surface area contributed by atoms with Crippen molar-refractivity contribution in [1.82, 2.24) is 15.2 Å². The lowest BCUT2D eigenvalue weighted by Gasteiger charge is -2.27. The van der Waals surface area contributed by atoms with Crippen molar-refractivity contribution in [2.75, 3.05) is 39.0 Å². The Morgan fingerprint density at radius 1 is 1.06 bits per heavy atom. The molecule has 1 aliphatic carbocycles. The Bertz CT molecular complexity index is 1340. The quantitative estimate of drug-likeness (QED) is 0.242. The van der Waals surface area contributed by atoms with Gasteiger partial charge in [-0.1, -0.05) is 45.3 Å². The van der Waals surface area contributed by atoms with Gasteiger partial charge in [-0.2, -0.15) is 0 Å². The summed E-state index contributed by atoms with van der Waals surface area (Å²) in [6.45, 7) is 14.2. The topological polar surface area (TPSA) is 136 Å². The number of aliphatic imine (C=N–C) groups is 1. The molecular formula is C38H62N6O3. The zero-order valence-electron chi connectivity index (χ0n) is 30.3. The fourth-order valence-corrected chi connectivity index (χ4v) is 5.69. The largest absolute Gasteiger partial charge is 0.393 e. The second-order valence-electron chi connectivity index (χ2n) is 12.1. The van der Waals surface area contributed by atoms with Crippen molar-refractivity contribution in [2.45, 2.75) is 105 Å². The van der Waals surface area contributed by atoms with Crippen LogP contribution in [0.25, 0.3) is 5.57 Å². The first kappa shape index (κ1) is 41.3. The summed E-state index contributed by atoms with van der Waals surface area (Å²) in [5.74, 6) is 0. The van der Waals surface area contributed by atoms with Gasteiger partial charge in [-0.3, -0.25) is 14.6 Å². The van der Waals surface area contributed by atoms with Gasteiger partial charge >= 0.3 is 0 Å². The maximum Gasteiger partial charge on any atom is 0.251 e. The number of allylic oxidation sites excluding steroid dienone is 3. The first-order valence-corrected chi connectivity index (χ1v) is 17.3. The molecule has 0 bridgehead atoms. The first-order chi connectivity index (χ1) is 22.6. The number of anilines is 1. The van der Waals surface area contributed by atoms with Crippen LogP contribution in [0.2, 0.25) is 0 Å². The molecule has 1 fully saturated rings. The van der Waals surface area contributed by atoms with Gasteiger partial charge in [0, 0.05) is 55.3 Å². The number of carbonyl (C=O) groups excluding carboxylic acids is 1. The number of aromatic amines is 1. The Balaban J connectivity index is 0.000000659. The molecule has 4 rings (SSSR count). The summed E-state index contributed by atoms with van der Waals surface area (Å²) in [6.07, 6.45) is 16.8. The van der Waals surface area contributed by atoms with E-state index in [2.05, 4.69) is 71.3 Å². The fourth-order valence-electron chi connectivity index (χ4n) is 5.69. The molecule has 262 valence electrons. The van der Waals surface area contributed by atoms with E-state index >= 15 is 0 Å². The average molecular weight is 651 g/mol. The highest BCUT2D eigenvalue weighted by Gasteiger charge is 2.15. The minimum atomic E-state index is -0.350. The molecule has 1 aliphatic heterocycles. The third-order valence-corrected chi connectivity index (χ3v) is 8.32. The number of aromatic nitrogens is 1. The molecule has 1 atom stereocenters. The standard InChI is InChI=1S/C27H36N4O2.C8H17N.C2H6.CH3NO/c1-5-30-26-16-23(21-7-6-10-28-11-8-24(32)9-12-29-17-21)14-22(20(26)4)15-25-18(2)13-19(3)31-27(25)33;1-9(2)8-6-4-3-5-7-8;1-2;2-1-3/h6-7,10,13-14,16-17,24,28,30,32H,5,8-9,11-12,15H2,1-4H3,(H,31,33);8H,3-7H2,1-2H3;1-2H3;1H,(H2,2,3)/b10-6+,21-7+,29-17?;;;. The van der Waals surface area contributed by atoms with Gasteiger partial charge < -0.3 is 31.4 Å². The van der Waals surface area contributed by atoms with Gasteiger partial charge in [-0.15, -0.1) is 0 Å². The summed E-state index contributed by atoms with van der Waals surface area (Å²) in [6, 6.07) is 7.22. The van der Waals surface area contributed by atoms with E-state index in [1.54, 1.807) is 0 Å². The molecular weight excluding hydrogens is 588 g/mol. The third kappa shape index (κ3) is 15.2. The van der Waals surface area contributed by atoms with Crippen molar-refractivity contribution in [3.63, 3.8) is 0 Å². The molecule has 9 nitrogen and oxygen atoms in total. The molecule has 1 saturated carbocycles. The number of aliphatic hydroxyl groups excluding tert-OH is 1. The summed E-state index contributed by atoms with van der Waals surface area (Å²) < 4.78 is 0. The predicted molar refractivity (Wildman–Crippen MR) is 201 cm³/mol. The number of rotatable bonds is 6. The summed E-state index contributed by atoms with van der Waals surface area (Å²) in [5.41, 5.74) is 12.2. The van der Waals surface area contributed by atoms with E-state index in [4.69, 9.17) is 4.79 Å². The van der Waals surface area contributed by atoms with E-state index in [0.717, 1.165) is 63.9 Å². The van der Waals surface area contributed by atoms with Crippen LogP contribution in [0.15, 0.2) is 46.3 Å². The zero-order valence-corrected chi connectivity index (χ0v) is 30.3. The number of aryl methyl sites for hydroxylation is 2. The minimum absolute atomic E-state index is 0.0262. The Morgan fingerprint density at radius 3 is 2.34 bits per heavy atom. The molecule has 6 N–H and O–H groups in total. The highest BCUT2D eigenvalue weighted by molar-refractivity contribution is 6.10. The second-order valence-corrected chi connectivity index (χ2v) is 12.1. The van der Waals surface area contributed by atoms with Gasteiger partial charge in [-0.25, -0.2) is 0 Å².